The summed E-state index contributed by atoms with van der Waals surface area (Å²) in [4.78, 5) is 202. The maximum atomic E-state index is 13.9. The highest BCUT2D eigenvalue weighted by atomic mass is 32.2. The van der Waals surface area contributed by atoms with Crippen LogP contribution in [0.4, 0.5) is 0 Å². The van der Waals surface area contributed by atoms with Gasteiger partial charge in [0, 0.05) is 135 Å². The van der Waals surface area contributed by atoms with Gasteiger partial charge in [-0.15, -0.1) is 0 Å². The van der Waals surface area contributed by atoms with Gasteiger partial charge in [0.25, 0.3) is 0 Å². The summed E-state index contributed by atoms with van der Waals surface area (Å²) >= 11 is 6.35. The fraction of sp³-hybridized carbons (Fsp3) is 0.739. The summed E-state index contributed by atoms with van der Waals surface area (Å²) in [7, 11) is 0. The SMILES string of the molecule is CC1CCC1C.CCC(CSC1CCC1SCC(CC(=O)CCOCCC(C)=O)C(=O)NCC(=O)OCC(=O)[C@@]1(O)CCC2C3CCC4=CC(=O)C=C[C@]4(C)C3C(=O)C[C@@]21C)C(=O)O.CCC(CSC1CCC1SCC(CC(=O)CCOCCC(C)=O)C(=O)O)C(=O)NCC(=O)OCC(=O)[C@@]1(O)CCC2C3CCC4=CC(=O)C=C[C@]4(C)C3C(=O)C[C@@]21C. The summed E-state index contributed by atoms with van der Waals surface area (Å²) in [6, 6.07) is 0. The molecule has 0 aliphatic heterocycles. The number of fused-ring (bicyclic) bond motifs is 10. The monoisotopic (exact) mass is 1770 g/mol. The van der Waals surface area contributed by atoms with Crippen LogP contribution in [0.15, 0.2) is 47.6 Å². The number of Topliss-reactive ketones (excluding diaryl/α,β-unsaturated/α-hetero) is 8. The van der Waals surface area contributed by atoms with Crippen molar-refractivity contribution in [3.8, 4) is 0 Å². The first-order valence-electron chi connectivity index (χ1n) is 44.1. The van der Waals surface area contributed by atoms with Gasteiger partial charge in [0.2, 0.25) is 23.4 Å². The van der Waals surface area contributed by atoms with E-state index in [2.05, 4.69) is 24.5 Å². The van der Waals surface area contributed by atoms with E-state index in [-0.39, 0.29) is 199 Å². The number of allylic oxidation sites excluding steroid dienone is 8. The zero-order chi connectivity index (χ0) is 89.4. The first-order chi connectivity index (χ1) is 57.7. The number of carbonyl (C=O) groups excluding carboxylic acids is 14. The fourth-order valence-corrected chi connectivity index (χ4v) is 27.4. The number of rotatable bonds is 44. The van der Waals surface area contributed by atoms with Gasteiger partial charge in [-0.25, -0.2) is 0 Å². The molecule has 11 rings (SSSR count). The highest BCUT2D eigenvalue weighted by Crippen LogP contribution is 2.68. The summed E-state index contributed by atoms with van der Waals surface area (Å²) in [5, 5.41) is 49.1. The Kier molecular flexibility index (Phi) is 35.8. The molecule has 6 N–H and O–H groups in total. The summed E-state index contributed by atoms with van der Waals surface area (Å²) < 4.78 is 21.3. The van der Waals surface area contributed by atoms with Gasteiger partial charge < -0.3 is 50.0 Å². The number of carboxylic acid groups (broad SMARTS) is 2. The Morgan fingerprint density at radius 2 is 0.828 bits per heavy atom. The van der Waals surface area contributed by atoms with Crippen LogP contribution in [0.3, 0.4) is 0 Å². The van der Waals surface area contributed by atoms with Crippen molar-refractivity contribution in [3.63, 3.8) is 0 Å². The van der Waals surface area contributed by atoms with Crippen LogP contribution in [0.1, 0.15) is 223 Å². The average Bonchev–Trinajstić information content (AvgIpc) is 1.49. The highest BCUT2D eigenvalue weighted by Gasteiger charge is 2.70. The number of hydrogen-bond acceptors (Lipinski definition) is 26. The number of amides is 2. The van der Waals surface area contributed by atoms with E-state index in [1.807, 2.05) is 39.8 Å². The molecule has 16 unspecified atom stereocenters. The second-order valence-electron chi connectivity index (χ2n) is 37.0. The molecule has 2 amide bonds. The summed E-state index contributed by atoms with van der Waals surface area (Å²) in [6.45, 7) is 17.2. The molecule has 0 aromatic rings. The molecule has 122 heavy (non-hydrogen) atoms. The third-order valence-corrected chi connectivity index (χ3v) is 36.0. The van der Waals surface area contributed by atoms with Crippen molar-refractivity contribution in [2.24, 2.45) is 92.7 Å². The smallest absolute Gasteiger partial charge is 0.325 e. The van der Waals surface area contributed by atoms with E-state index in [4.69, 9.17) is 18.9 Å². The van der Waals surface area contributed by atoms with Gasteiger partial charge in [-0.1, -0.05) is 91.5 Å². The second-order valence-corrected chi connectivity index (χ2v) is 42.1. The molecule has 676 valence electrons. The summed E-state index contributed by atoms with van der Waals surface area (Å²) in [5.41, 5.74) is -5.06. The Labute approximate surface area is 734 Å². The molecule has 9 saturated carbocycles. The van der Waals surface area contributed by atoms with Crippen molar-refractivity contribution in [1.29, 1.82) is 0 Å². The average molecular weight is 1780 g/mol. The van der Waals surface area contributed by atoms with Crippen molar-refractivity contribution in [2.75, 3.05) is 75.7 Å². The number of thioether (sulfide) groups is 4. The van der Waals surface area contributed by atoms with E-state index in [1.165, 1.54) is 50.6 Å². The van der Waals surface area contributed by atoms with Crippen molar-refractivity contribution in [1.82, 2.24) is 10.6 Å². The molecule has 0 saturated heterocycles. The lowest BCUT2D eigenvalue weighted by Gasteiger charge is -2.56. The van der Waals surface area contributed by atoms with Crippen molar-refractivity contribution >= 4 is 141 Å². The topological polar surface area (TPSA) is 415 Å². The number of esters is 2. The molecular formula is C92H130N2O24S4. The molecule has 0 aromatic heterocycles. The molecule has 9 fully saturated rings. The first kappa shape index (κ1) is 99.5. The fourth-order valence-electron chi connectivity index (χ4n) is 20.6. The number of carbonyl (C=O) groups is 16. The van der Waals surface area contributed by atoms with Gasteiger partial charge in [0.1, 0.15) is 59.0 Å². The largest absolute Gasteiger partial charge is 0.481 e. The van der Waals surface area contributed by atoms with Gasteiger partial charge in [-0.3, -0.25) is 76.7 Å². The van der Waals surface area contributed by atoms with Crippen LogP contribution in [0.25, 0.3) is 0 Å². The molecule has 0 heterocycles. The van der Waals surface area contributed by atoms with E-state index >= 15 is 0 Å². The minimum absolute atomic E-state index is 0.00232. The Balaban J connectivity index is 0.000000259. The Hall–Kier alpha value is -6.28. The molecule has 30 heteroatoms. The maximum Gasteiger partial charge on any atom is 0.325 e. The zero-order valence-electron chi connectivity index (χ0n) is 72.7. The molecule has 26 nitrogen and oxygen atoms in total. The lowest BCUT2D eigenvalue weighted by atomic mass is 9.46. The number of nitrogens with one attached hydrogen (secondary N) is 2. The van der Waals surface area contributed by atoms with Gasteiger partial charge in [-0.05, 0) is 164 Å². The second kappa shape index (κ2) is 44.0. The molecule has 0 spiro atoms. The third-order valence-electron chi connectivity index (χ3n) is 29.3. The number of hydrogen-bond donors (Lipinski definition) is 6. The predicted octanol–water partition coefficient (Wildman–Crippen LogP) is 11.1. The van der Waals surface area contributed by atoms with Crippen LogP contribution < -0.4 is 10.6 Å². The standard InChI is InChI=1S/2C43H59NO12S2.C6H12/c1-5-26(40(52)53)23-57-34-8-9-35(34)58-24-27(18-30(47)13-17-55-16-12-25(2)45)39(51)44-21-37(50)56-22-36(49)43(54)15-11-32-31-7-6-28-19-29(46)10-14-41(28,3)38(31)33(48)20-42(32,43)4;1-5-26(23-57-34-8-9-35(34)58-24-27(40(52)53)18-30(47)13-17-55-16-12-25(2)45)39(51)44-21-37(50)56-22-36(49)43(54)15-11-32-31-7-6-28-19-29(46)10-14-41(28,3)38(31)33(48)20-42(32,43)4;1-5-3-4-6(5)2/h2*10,14,19,26-27,31-32,34-35,38,54H,5-9,11-13,15-18,20-24H2,1-4H3,(H,44,51)(H,52,53);5-6H,3-4H2,1-2H3/t2*26?,27?,31?,32?,34?,35?,38?,41-,42-,43-;/m00./s1. The number of aliphatic carboxylic acids is 2. The van der Waals surface area contributed by atoms with Gasteiger partial charge in [0.15, 0.2) is 24.8 Å². The van der Waals surface area contributed by atoms with Gasteiger partial charge in [0.05, 0.1) is 44.2 Å². The van der Waals surface area contributed by atoms with Crippen LogP contribution >= 0.6 is 47.0 Å². The van der Waals surface area contributed by atoms with E-state index in [1.54, 1.807) is 61.3 Å². The minimum atomic E-state index is -1.89. The van der Waals surface area contributed by atoms with Crippen LogP contribution in [0.5, 0.6) is 0 Å². The number of ether oxygens (including phenoxy) is 4. The Morgan fingerprint density at radius 3 is 1.18 bits per heavy atom. The first-order valence-corrected chi connectivity index (χ1v) is 48.3. The van der Waals surface area contributed by atoms with Crippen LogP contribution in [-0.4, -0.2) is 222 Å². The quantitative estimate of drug-likeness (QED) is 0.0244. The Morgan fingerprint density at radius 1 is 0.475 bits per heavy atom. The lowest BCUT2D eigenvalue weighted by Crippen LogP contribution is -2.60. The molecule has 11 aliphatic carbocycles. The molecular weight excluding hydrogens is 1650 g/mol. The molecule has 22 atom stereocenters. The van der Waals surface area contributed by atoms with E-state index in [9.17, 15) is 97.1 Å². The Bertz CT molecular complexity index is 4050. The minimum Gasteiger partial charge on any atom is -0.481 e. The number of ketones is 10. The van der Waals surface area contributed by atoms with Crippen molar-refractivity contribution in [3.05, 3.63) is 47.6 Å². The summed E-state index contributed by atoms with van der Waals surface area (Å²) in [5.74, 6) is -6.23. The third kappa shape index (κ3) is 23.7. The van der Waals surface area contributed by atoms with Gasteiger partial charge >= 0.3 is 23.9 Å². The molecule has 11 aliphatic rings. The number of aliphatic hydroxyl groups is 2. The zero-order valence-corrected chi connectivity index (χ0v) is 76.0. The van der Waals surface area contributed by atoms with Crippen molar-refractivity contribution < 1.29 is 116 Å². The highest BCUT2D eigenvalue weighted by molar-refractivity contribution is 8.04. The van der Waals surface area contributed by atoms with Crippen molar-refractivity contribution in [2.45, 2.75) is 256 Å². The maximum absolute atomic E-state index is 13.9. The van der Waals surface area contributed by atoms with Gasteiger partial charge in [-0.2, -0.15) is 47.0 Å². The van der Waals surface area contributed by atoms with Crippen LogP contribution in [0, 0.1) is 92.7 Å². The number of carboxylic acids is 2. The molecule has 0 bridgehead atoms. The van der Waals surface area contributed by atoms with E-state index < -0.39 is 124 Å². The normalized spacial score (nSPS) is 32.7. The predicted molar refractivity (Wildman–Crippen MR) is 463 cm³/mol. The van der Waals surface area contributed by atoms with E-state index in [0.717, 1.165) is 48.7 Å². The lowest BCUT2D eigenvalue weighted by molar-refractivity contribution is -0.172. The summed E-state index contributed by atoms with van der Waals surface area (Å²) in [6.07, 6.45) is 22.2. The van der Waals surface area contributed by atoms with E-state index in [0.29, 0.717) is 74.4 Å². The van der Waals surface area contributed by atoms with Crippen LogP contribution in [0.2, 0.25) is 0 Å². The van der Waals surface area contributed by atoms with Crippen LogP contribution in [-0.2, 0) is 95.7 Å². The molecule has 0 radical (unpaired) electrons. The molecule has 0 aromatic carbocycles.